The van der Waals surface area contributed by atoms with Crippen molar-refractivity contribution in [1.29, 1.82) is 0 Å². The summed E-state index contributed by atoms with van der Waals surface area (Å²) in [5.41, 5.74) is 2.36. The predicted octanol–water partition coefficient (Wildman–Crippen LogP) is 3.60. The third kappa shape index (κ3) is 5.34. The average Bonchev–Trinajstić information content (AvgIpc) is 2.03. The van der Waals surface area contributed by atoms with Crippen LogP contribution in [0.1, 0.15) is 41.5 Å². The SMILES string of the molecule is CC(C)=C(C)OCOC(C)=C(C)C. The van der Waals surface area contributed by atoms with Gasteiger partial charge >= 0.3 is 0 Å². The molecule has 13 heavy (non-hydrogen) atoms. The summed E-state index contributed by atoms with van der Waals surface area (Å²) < 4.78 is 10.7. The van der Waals surface area contributed by atoms with Gasteiger partial charge in [-0.1, -0.05) is 0 Å². The Morgan fingerprint density at radius 3 is 1.23 bits per heavy atom. The van der Waals surface area contributed by atoms with Crippen molar-refractivity contribution in [2.75, 3.05) is 6.79 Å². The van der Waals surface area contributed by atoms with Crippen molar-refractivity contribution in [2.24, 2.45) is 0 Å². The van der Waals surface area contributed by atoms with Crippen LogP contribution < -0.4 is 0 Å². The molecule has 2 nitrogen and oxygen atoms in total. The lowest BCUT2D eigenvalue weighted by molar-refractivity contribution is 0.0131. The third-order valence-electron chi connectivity index (χ3n) is 1.96. The molecule has 0 saturated carbocycles. The molecule has 0 aliphatic carbocycles. The molecule has 2 heteroatoms. The highest BCUT2D eigenvalue weighted by molar-refractivity contribution is 5.00. The van der Waals surface area contributed by atoms with Gasteiger partial charge in [0.1, 0.15) is 0 Å². The van der Waals surface area contributed by atoms with E-state index in [-0.39, 0.29) is 0 Å². The number of ether oxygens (including phenoxy) is 2. The Hall–Kier alpha value is -0.920. The lowest BCUT2D eigenvalue weighted by atomic mass is 10.3. The molecule has 0 aromatic carbocycles. The first kappa shape index (κ1) is 12.1. The van der Waals surface area contributed by atoms with E-state index in [4.69, 9.17) is 9.47 Å². The zero-order valence-corrected chi connectivity index (χ0v) is 9.52. The Kier molecular flexibility index (Phi) is 5.28. The molecule has 0 unspecified atom stereocenters. The maximum absolute atomic E-state index is 5.35. The zero-order valence-electron chi connectivity index (χ0n) is 9.52. The number of rotatable bonds is 4. The first-order valence-electron chi connectivity index (χ1n) is 4.49. The molecule has 0 bridgehead atoms. The molecule has 0 saturated heterocycles. The monoisotopic (exact) mass is 184 g/mol. The van der Waals surface area contributed by atoms with E-state index in [1.54, 1.807) is 0 Å². The van der Waals surface area contributed by atoms with E-state index >= 15 is 0 Å². The van der Waals surface area contributed by atoms with Crippen LogP contribution in [0, 0.1) is 0 Å². The fourth-order valence-electron chi connectivity index (χ4n) is 0.495. The molecular weight excluding hydrogens is 164 g/mol. The fraction of sp³-hybridized carbons (Fsp3) is 0.636. The van der Waals surface area contributed by atoms with Crippen LogP contribution in [0.2, 0.25) is 0 Å². The molecule has 0 aromatic heterocycles. The van der Waals surface area contributed by atoms with Crippen LogP contribution in [0.5, 0.6) is 0 Å². The van der Waals surface area contributed by atoms with Gasteiger partial charge in [0.25, 0.3) is 0 Å². The van der Waals surface area contributed by atoms with Gasteiger partial charge in [0.2, 0.25) is 6.79 Å². The van der Waals surface area contributed by atoms with E-state index in [0.717, 1.165) is 11.5 Å². The van der Waals surface area contributed by atoms with Crippen molar-refractivity contribution in [1.82, 2.24) is 0 Å². The van der Waals surface area contributed by atoms with E-state index in [1.165, 1.54) is 11.1 Å². The standard InChI is InChI=1S/C11H20O2/c1-8(2)10(5)12-7-13-11(6)9(3)4/h7H2,1-6H3. The van der Waals surface area contributed by atoms with Gasteiger partial charge in [-0.15, -0.1) is 0 Å². The summed E-state index contributed by atoms with van der Waals surface area (Å²) in [4.78, 5) is 0. The summed E-state index contributed by atoms with van der Waals surface area (Å²) in [5.74, 6) is 1.86. The lowest BCUT2D eigenvalue weighted by Gasteiger charge is -2.10. The topological polar surface area (TPSA) is 18.5 Å². The van der Waals surface area contributed by atoms with Crippen molar-refractivity contribution < 1.29 is 9.47 Å². The second-order valence-corrected chi connectivity index (χ2v) is 3.52. The van der Waals surface area contributed by atoms with Crippen LogP contribution in [0.25, 0.3) is 0 Å². The predicted molar refractivity (Wildman–Crippen MR) is 55.1 cm³/mol. The van der Waals surface area contributed by atoms with Crippen LogP contribution >= 0.6 is 0 Å². The Bertz CT molecular complexity index is 192. The highest BCUT2D eigenvalue weighted by Gasteiger charge is 1.95. The van der Waals surface area contributed by atoms with Crippen LogP contribution in [0.3, 0.4) is 0 Å². The highest BCUT2D eigenvalue weighted by Crippen LogP contribution is 2.07. The third-order valence-corrected chi connectivity index (χ3v) is 1.96. The smallest absolute Gasteiger partial charge is 0.229 e. The zero-order chi connectivity index (χ0) is 10.4. The van der Waals surface area contributed by atoms with Crippen LogP contribution in [-0.4, -0.2) is 6.79 Å². The van der Waals surface area contributed by atoms with Gasteiger partial charge in [-0.3, -0.25) is 0 Å². The molecular formula is C11H20O2. The number of hydrogen-bond donors (Lipinski definition) is 0. The maximum Gasteiger partial charge on any atom is 0.229 e. The molecule has 0 fully saturated rings. The minimum Gasteiger partial charge on any atom is -0.462 e. The van der Waals surface area contributed by atoms with Crippen molar-refractivity contribution in [3.8, 4) is 0 Å². The van der Waals surface area contributed by atoms with Crippen LogP contribution in [0.15, 0.2) is 22.7 Å². The van der Waals surface area contributed by atoms with Gasteiger partial charge in [-0.05, 0) is 52.7 Å². The number of allylic oxidation sites excluding steroid dienone is 4. The summed E-state index contributed by atoms with van der Waals surface area (Å²) in [7, 11) is 0. The van der Waals surface area contributed by atoms with Crippen molar-refractivity contribution in [3.63, 3.8) is 0 Å². The quantitative estimate of drug-likeness (QED) is 0.491. The first-order valence-corrected chi connectivity index (χ1v) is 4.49. The second kappa shape index (κ2) is 5.68. The average molecular weight is 184 g/mol. The Balaban J connectivity index is 3.83. The Labute approximate surface area is 81.2 Å². The van der Waals surface area contributed by atoms with E-state index in [9.17, 15) is 0 Å². The van der Waals surface area contributed by atoms with Gasteiger partial charge in [0.15, 0.2) is 0 Å². The first-order chi connectivity index (χ1) is 5.95. The second-order valence-electron chi connectivity index (χ2n) is 3.52. The van der Waals surface area contributed by atoms with Gasteiger partial charge < -0.3 is 9.47 Å². The molecule has 0 radical (unpaired) electrons. The summed E-state index contributed by atoms with van der Waals surface area (Å²) in [5, 5.41) is 0. The summed E-state index contributed by atoms with van der Waals surface area (Å²) in [6, 6.07) is 0. The summed E-state index contributed by atoms with van der Waals surface area (Å²) in [6.07, 6.45) is 0. The van der Waals surface area contributed by atoms with E-state index < -0.39 is 0 Å². The molecule has 0 atom stereocenters. The molecule has 0 aliphatic rings. The molecule has 0 spiro atoms. The molecule has 76 valence electrons. The molecule has 0 rings (SSSR count). The maximum atomic E-state index is 5.35. The Morgan fingerprint density at radius 2 is 1.00 bits per heavy atom. The Morgan fingerprint density at radius 1 is 0.692 bits per heavy atom. The van der Waals surface area contributed by atoms with Crippen molar-refractivity contribution in [3.05, 3.63) is 22.7 Å². The van der Waals surface area contributed by atoms with Crippen molar-refractivity contribution >= 4 is 0 Å². The van der Waals surface area contributed by atoms with Gasteiger partial charge in [0, 0.05) is 0 Å². The molecule has 0 heterocycles. The molecule has 0 aromatic rings. The molecule has 0 N–H and O–H groups in total. The largest absolute Gasteiger partial charge is 0.462 e. The lowest BCUT2D eigenvalue weighted by Crippen LogP contribution is -1.99. The molecule has 0 aliphatic heterocycles. The fourth-order valence-corrected chi connectivity index (χ4v) is 0.495. The van der Waals surface area contributed by atoms with Crippen LogP contribution in [0.4, 0.5) is 0 Å². The van der Waals surface area contributed by atoms with Gasteiger partial charge in [0.05, 0.1) is 11.5 Å². The number of hydrogen-bond acceptors (Lipinski definition) is 2. The van der Waals surface area contributed by atoms with Crippen molar-refractivity contribution in [2.45, 2.75) is 41.5 Å². The molecule has 0 amide bonds. The van der Waals surface area contributed by atoms with Gasteiger partial charge in [-0.2, -0.15) is 0 Å². The van der Waals surface area contributed by atoms with E-state index in [2.05, 4.69) is 0 Å². The van der Waals surface area contributed by atoms with E-state index in [0.29, 0.717) is 6.79 Å². The summed E-state index contributed by atoms with van der Waals surface area (Å²) >= 11 is 0. The van der Waals surface area contributed by atoms with Gasteiger partial charge in [-0.25, -0.2) is 0 Å². The minimum absolute atomic E-state index is 0.300. The minimum atomic E-state index is 0.300. The van der Waals surface area contributed by atoms with E-state index in [1.807, 2.05) is 41.5 Å². The van der Waals surface area contributed by atoms with Crippen LogP contribution in [-0.2, 0) is 9.47 Å². The normalized spacial score (nSPS) is 9.08. The summed E-state index contributed by atoms with van der Waals surface area (Å²) in [6.45, 7) is 12.2. The highest BCUT2D eigenvalue weighted by atomic mass is 16.7.